The molecule has 25 heavy (non-hydrogen) atoms. The van der Waals surface area contributed by atoms with Crippen LogP contribution in [0.15, 0.2) is 42.6 Å². The van der Waals surface area contributed by atoms with Gasteiger partial charge in [0.1, 0.15) is 17.5 Å². The van der Waals surface area contributed by atoms with Gasteiger partial charge >= 0.3 is 6.18 Å². The number of halogens is 3. The van der Waals surface area contributed by atoms with E-state index in [2.05, 4.69) is 20.1 Å². The quantitative estimate of drug-likeness (QED) is 0.769. The van der Waals surface area contributed by atoms with Crippen molar-refractivity contribution < 1.29 is 17.9 Å². The van der Waals surface area contributed by atoms with Crippen LogP contribution in [0.1, 0.15) is 11.3 Å². The minimum absolute atomic E-state index is 0.150. The number of hydrogen-bond donors (Lipinski definition) is 1. The van der Waals surface area contributed by atoms with Gasteiger partial charge in [0.25, 0.3) is 0 Å². The molecule has 0 aliphatic rings. The van der Waals surface area contributed by atoms with Gasteiger partial charge in [0.2, 0.25) is 0 Å². The van der Waals surface area contributed by atoms with Gasteiger partial charge in [-0.25, -0.2) is 0 Å². The van der Waals surface area contributed by atoms with Crippen LogP contribution in [0, 0.1) is 11.3 Å². The molecule has 0 atom stereocenters. The highest BCUT2D eigenvalue weighted by Gasteiger charge is 2.28. The van der Waals surface area contributed by atoms with Crippen LogP contribution in [0.4, 0.5) is 13.2 Å². The number of nitrogens with one attached hydrogen (secondary N) is 1. The monoisotopic (exact) mass is 347 g/mol. The van der Waals surface area contributed by atoms with Crippen LogP contribution in [0.3, 0.4) is 0 Å². The van der Waals surface area contributed by atoms with Crippen molar-refractivity contribution >= 4 is 0 Å². The van der Waals surface area contributed by atoms with Crippen molar-refractivity contribution in [2.45, 2.75) is 12.7 Å². The van der Waals surface area contributed by atoms with Gasteiger partial charge < -0.3 is 9.30 Å². The Hall–Kier alpha value is -3.28. The molecule has 0 saturated heterocycles. The van der Waals surface area contributed by atoms with E-state index in [1.807, 2.05) is 22.9 Å². The smallest absolute Gasteiger partial charge is 0.422 e. The van der Waals surface area contributed by atoms with E-state index < -0.39 is 12.8 Å². The molecule has 0 radical (unpaired) electrons. The molecule has 9 heteroatoms. The Morgan fingerprint density at radius 1 is 1.16 bits per heavy atom. The van der Waals surface area contributed by atoms with E-state index in [-0.39, 0.29) is 11.4 Å². The lowest BCUT2D eigenvalue weighted by atomic mass is 10.2. The van der Waals surface area contributed by atoms with Gasteiger partial charge in [-0.15, -0.1) is 5.10 Å². The lowest BCUT2D eigenvalue weighted by Gasteiger charge is -2.11. The highest BCUT2D eigenvalue weighted by atomic mass is 19.4. The Labute approximate surface area is 140 Å². The second-order valence-corrected chi connectivity index (χ2v) is 5.20. The molecule has 3 aromatic rings. The number of benzene rings is 1. The van der Waals surface area contributed by atoms with E-state index in [1.165, 1.54) is 12.1 Å². The number of alkyl halides is 3. The summed E-state index contributed by atoms with van der Waals surface area (Å²) in [5.74, 6) is 0.150. The topological polar surface area (TPSA) is 79.5 Å². The molecular weight excluding hydrogens is 335 g/mol. The largest absolute Gasteiger partial charge is 0.484 e. The Morgan fingerprint density at radius 2 is 1.92 bits per heavy atom. The summed E-state index contributed by atoms with van der Waals surface area (Å²) in [6.45, 7) is -0.864. The average Bonchev–Trinajstić information content (AvgIpc) is 3.21. The lowest BCUT2D eigenvalue weighted by Crippen LogP contribution is -2.19. The summed E-state index contributed by atoms with van der Waals surface area (Å²) in [6, 6.07) is 11.9. The van der Waals surface area contributed by atoms with Crippen molar-refractivity contribution in [3.8, 4) is 23.2 Å². The van der Waals surface area contributed by atoms with Crippen LogP contribution in [0.25, 0.3) is 11.4 Å². The first-order valence-corrected chi connectivity index (χ1v) is 7.21. The fourth-order valence-corrected chi connectivity index (χ4v) is 2.31. The van der Waals surface area contributed by atoms with Gasteiger partial charge in [-0.2, -0.15) is 28.7 Å². The van der Waals surface area contributed by atoms with Gasteiger partial charge in [-0.05, 0) is 29.8 Å². The molecule has 0 bridgehead atoms. The molecule has 3 rings (SSSR count). The summed E-state index contributed by atoms with van der Waals surface area (Å²) in [6.07, 6.45) is -2.55. The van der Waals surface area contributed by atoms with Gasteiger partial charge in [-0.1, -0.05) is 12.1 Å². The maximum Gasteiger partial charge on any atom is 0.422 e. The molecule has 6 nitrogen and oxygen atoms in total. The zero-order valence-electron chi connectivity index (χ0n) is 12.8. The minimum atomic E-state index is -4.37. The van der Waals surface area contributed by atoms with E-state index in [0.29, 0.717) is 17.9 Å². The molecule has 0 aliphatic heterocycles. The van der Waals surface area contributed by atoms with Gasteiger partial charge in [0.05, 0.1) is 5.69 Å². The lowest BCUT2D eigenvalue weighted by molar-refractivity contribution is -0.153. The van der Waals surface area contributed by atoms with Crippen LogP contribution in [0.2, 0.25) is 0 Å². The van der Waals surface area contributed by atoms with Gasteiger partial charge in [0, 0.05) is 12.7 Å². The fourth-order valence-electron chi connectivity index (χ4n) is 2.31. The third-order valence-electron chi connectivity index (χ3n) is 3.40. The molecule has 0 spiro atoms. The standard InChI is InChI=1S/C16H12F3N5O/c17-16(18,19)10-25-12-5-3-11(4-6-12)9-24-7-1-2-14(24)15-13(8-20)21-23-22-15/h1-7H,9-10H2,(H,21,22,23). The first-order valence-electron chi connectivity index (χ1n) is 7.21. The zero-order valence-corrected chi connectivity index (χ0v) is 12.8. The molecule has 1 aromatic carbocycles. The normalized spacial score (nSPS) is 11.3. The number of nitrogens with zero attached hydrogens (tertiary/aromatic N) is 4. The summed E-state index contributed by atoms with van der Waals surface area (Å²) < 4.78 is 43.0. The number of nitriles is 1. The summed E-state index contributed by atoms with van der Waals surface area (Å²) >= 11 is 0. The van der Waals surface area contributed by atoms with E-state index in [0.717, 1.165) is 5.56 Å². The second-order valence-electron chi connectivity index (χ2n) is 5.20. The Morgan fingerprint density at radius 3 is 2.60 bits per heavy atom. The van der Waals surface area contributed by atoms with Gasteiger partial charge in [-0.3, -0.25) is 0 Å². The maximum atomic E-state index is 12.1. The average molecular weight is 347 g/mol. The molecule has 0 aliphatic carbocycles. The number of rotatable bonds is 5. The Kier molecular flexibility index (Phi) is 4.43. The molecular formula is C16H12F3N5O. The minimum Gasteiger partial charge on any atom is -0.484 e. The summed E-state index contributed by atoms with van der Waals surface area (Å²) in [5, 5.41) is 19.2. The van der Waals surface area contributed by atoms with Crippen molar-refractivity contribution in [3.05, 3.63) is 53.9 Å². The molecule has 2 aromatic heterocycles. The number of hydrogen-bond acceptors (Lipinski definition) is 4. The summed E-state index contributed by atoms with van der Waals surface area (Å²) in [7, 11) is 0. The first-order chi connectivity index (χ1) is 12.0. The predicted molar refractivity (Wildman–Crippen MR) is 81.6 cm³/mol. The molecule has 128 valence electrons. The summed E-state index contributed by atoms with van der Waals surface area (Å²) in [5.41, 5.74) is 2.20. The summed E-state index contributed by atoms with van der Waals surface area (Å²) in [4.78, 5) is 0. The second kappa shape index (κ2) is 6.68. The molecule has 0 saturated carbocycles. The van der Waals surface area contributed by atoms with E-state index in [4.69, 9.17) is 5.26 Å². The molecule has 1 N–H and O–H groups in total. The van der Waals surface area contributed by atoms with E-state index in [1.54, 1.807) is 18.2 Å². The SMILES string of the molecule is N#Cc1n[nH]nc1-c1cccn1Cc1ccc(OCC(F)(F)F)cc1. The number of H-pyrrole nitrogens is 1. The van der Waals surface area contributed by atoms with Gasteiger partial charge in [0.15, 0.2) is 12.3 Å². The first kappa shape index (κ1) is 16.6. The fraction of sp³-hybridized carbons (Fsp3) is 0.188. The van der Waals surface area contributed by atoms with E-state index in [9.17, 15) is 13.2 Å². The zero-order chi connectivity index (χ0) is 17.9. The van der Waals surface area contributed by atoms with Crippen molar-refractivity contribution in [1.29, 1.82) is 5.26 Å². The van der Waals surface area contributed by atoms with E-state index >= 15 is 0 Å². The highest BCUT2D eigenvalue weighted by molar-refractivity contribution is 5.61. The van der Waals surface area contributed by atoms with Crippen molar-refractivity contribution in [2.75, 3.05) is 6.61 Å². The van der Waals surface area contributed by atoms with Crippen LogP contribution in [-0.4, -0.2) is 32.8 Å². The van der Waals surface area contributed by atoms with Crippen molar-refractivity contribution in [3.63, 3.8) is 0 Å². The molecule has 0 fully saturated rings. The third-order valence-corrected chi connectivity index (χ3v) is 3.40. The maximum absolute atomic E-state index is 12.1. The third kappa shape index (κ3) is 3.98. The molecule has 0 amide bonds. The van der Waals surface area contributed by atoms with Crippen molar-refractivity contribution in [2.24, 2.45) is 0 Å². The van der Waals surface area contributed by atoms with Crippen LogP contribution >= 0.6 is 0 Å². The number of aromatic nitrogens is 4. The molecule has 0 unspecified atom stereocenters. The van der Waals surface area contributed by atoms with Crippen LogP contribution in [-0.2, 0) is 6.54 Å². The molecule has 2 heterocycles. The number of aromatic amines is 1. The Bertz CT molecular complexity index is 890. The Balaban J connectivity index is 1.74. The van der Waals surface area contributed by atoms with Crippen LogP contribution < -0.4 is 4.74 Å². The predicted octanol–water partition coefficient (Wildman–Crippen LogP) is 3.13. The van der Waals surface area contributed by atoms with Crippen molar-refractivity contribution in [1.82, 2.24) is 20.0 Å². The number of ether oxygens (including phenoxy) is 1. The highest BCUT2D eigenvalue weighted by Crippen LogP contribution is 2.22. The van der Waals surface area contributed by atoms with Crippen LogP contribution in [0.5, 0.6) is 5.75 Å².